The number of fused-ring (bicyclic) bond motifs is 1. The van der Waals surface area contributed by atoms with Gasteiger partial charge in [0, 0.05) is 26.7 Å². The molecule has 33 heavy (non-hydrogen) atoms. The van der Waals surface area contributed by atoms with E-state index in [2.05, 4.69) is 15.6 Å². The Hall–Kier alpha value is -3.95. The van der Waals surface area contributed by atoms with Crippen LogP contribution in [0.15, 0.2) is 46.0 Å². The van der Waals surface area contributed by atoms with E-state index >= 15 is 0 Å². The Labute approximate surface area is 189 Å². The summed E-state index contributed by atoms with van der Waals surface area (Å²) in [5, 5.41) is 5.93. The van der Waals surface area contributed by atoms with Gasteiger partial charge in [-0.2, -0.15) is 0 Å². The Bertz CT molecular complexity index is 1320. The van der Waals surface area contributed by atoms with Crippen LogP contribution in [0.4, 0.5) is 0 Å². The van der Waals surface area contributed by atoms with Gasteiger partial charge >= 0.3 is 5.69 Å². The van der Waals surface area contributed by atoms with Crippen LogP contribution in [0.25, 0.3) is 11.0 Å². The van der Waals surface area contributed by atoms with Crippen molar-refractivity contribution < 1.29 is 14.3 Å². The molecule has 10 heteroatoms. The average molecular weight is 451 g/mol. The molecule has 0 aliphatic heterocycles. The van der Waals surface area contributed by atoms with Crippen LogP contribution in [-0.2, 0) is 25.3 Å². The minimum absolute atomic E-state index is 0.0116. The lowest BCUT2D eigenvalue weighted by Crippen LogP contribution is -2.37. The summed E-state index contributed by atoms with van der Waals surface area (Å²) in [7, 11) is 2.90. The molecule has 2 aromatic heterocycles. The van der Waals surface area contributed by atoms with Crippen molar-refractivity contribution in [1.29, 1.82) is 0 Å². The number of pyridine rings is 1. The predicted molar refractivity (Wildman–Crippen MR) is 121 cm³/mol. The van der Waals surface area contributed by atoms with Gasteiger partial charge in [-0.15, -0.1) is 0 Å². The fraction of sp³-hybridized carbons (Fsp3) is 0.348. The van der Waals surface area contributed by atoms with Crippen molar-refractivity contribution in [2.24, 2.45) is 14.1 Å². The molecule has 2 amide bonds. The number of ether oxygens (including phenoxy) is 1. The summed E-state index contributed by atoms with van der Waals surface area (Å²) in [4.78, 5) is 52.8. The molecule has 1 aliphatic rings. The zero-order chi connectivity index (χ0) is 23.5. The van der Waals surface area contributed by atoms with Crippen molar-refractivity contribution in [1.82, 2.24) is 24.8 Å². The number of rotatable bonds is 8. The third-order valence-corrected chi connectivity index (χ3v) is 5.47. The molecule has 0 bridgehead atoms. The van der Waals surface area contributed by atoms with Crippen molar-refractivity contribution in [3.8, 4) is 5.75 Å². The lowest BCUT2D eigenvalue weighted by Gasteiger charge is -2.09. The monoisotopic (exact) mass is 451 g/mol. The van der Waals surface area contributed by atoms with E-state index in [4.69, 9.17) is 4.74 Å². The minimum Gasteiger partial charge on any atom is -0.484 e. The molecular weight excluding hydrogens is 426 g/mol. The summed E-state index contributed by atoms with van der Waals surface area (Å²) >= 11 is 0. The van der Waals surface area contributed by atoms with Gasteiger partial charge in [0.05, 0.1) is 5.39 Å². The number of benzene rings is 1. The largest absolute Gasteiger partial charge is 0.484 e. The lowest BCUT2D eigenvalue weighted by molar-refractivity contribution is -0.123. The molecule has 10 nitrogen and oxygen atoms in total. The topological polar surface area (TPSA) is 124 Å². The van der Waals surface area contributed by atoms with Gasteiger partial charge in [-0.05, 0) is 49.1 Å². The van der Waals surface area contributed by atoms with E-state index in [-0.39, 0.29) is 29.2 Å². The maximum atomic E-state index is 12.5. The lowest BCUT2D eigenvalue weighted by atomic mass is 10.1. The number of aromatic nitrogens is 3. The average Bonchev–Trinajstić information content (AvgIpc) is 3.64. The molecule has 0 radical (unpaired) electrons. The molecule has 1 aromatic carbocycles. The highest BCUT2D eigenvalue weighted by molar-refractivity contribution is 5.94. The van der Waals surface area contributed by atoms with E-state index in [0.29, 0.717) is 24.8 Å². The fourth-order valence-electron chi connectivity index (χ4n) is 3.39. The Balaban J connectivity index is 1.31. The Kier molecular flexibility index (Phi) is 6.25. The highest BCUT2D eigenvalue weighted by Crippen LogP contribution is 2.18. The molecule has 172 valence electrons. The van der Waals surface area contributed by atoms with Gasteiger partial charge in [-0.1, -0.05) is 12.1 Å². The number of carbonyl (C=O) groups is 2. The standard InChI is InChI=1S/C23H25N5O5/c1-27-20-17(22(31)28(2)23(27)32)9-10-18(26-20)21(30)24-12-11-14-3-7-16(8-4-14)33-13-19(29)25-15-5-6-15/h3-4,7-10,15H,5-6,11-13H2,1-2H3,(H,24,30)(H,25,29). The molecule has 1 saturated carbocycles. The quantitative estimate of drug-likeness (QED) is 0.506. The van der Waals surface area contributed by atoms with E-state index in [1.165, 1.54) is 30.8 Å². The first-order valence-corrected chi connectivity index (χ1v) is 10.7. The maximum Gasteiger partial charge on any atom is 0.332 e. The van der Waals surface area contributed by atoms with Crippen molar-refractivity contribution >= 4 is 22.8 Å². The molecule has 0 unspecified atom stereocenters. The number of nitrogens with one attached hydrogen (secondary N) is 2. The van der Waals surface area contributed by atoms with Gasteiger partial charge in [-0.3, -0.25) is 23.5 Å². The van der Waals surface area contributed by atoms with Crippen molar-refractivity contribution in [3.05, 3.63) is 68.5 Å². The fourth-order valence-corrected chi connectivity index (χ4v) is 3.39. The highest BCUT2D eigenvalue weighted by Gasteiger charge is 2.23. The normalized spacial score (nSPS) is 13.0. The van der Waals surface area contributed by atoms with E-state index in [0.717, 1.165) is 23.0 Å². The third kappa shape index (κ3) is 5.11. The summed E-state index contributed by atoms with van der Waals surface area (Å²) in [5.74, 6) is 0.0875. The Morgan fingerprint density at radius 3 is 2.48 bits per heavy atom. The minimum atomic E-state index is -0.506. The van der Waals surface area contributed by atoms with Gasteiger partial charge in [0.2, 0.25) is 0 Å². The number of aryl methyl sites for hydroxylation is 1. The molecule has 0 spiro atoms. The molecule has 1 aliphatic carbocycles. The van der Waals surface area contributed by atoms with Gasteiger partial charge in [0.15, 0.2) is 6.61 Å². The second-order valence-corrected chi connectivity index (χ2v) is 8.05. The summed E-state index contributed by atoms with van der Waals surface area (Å²) in [6.45, 7) is 0.361. The predicted octanol–water partition coefficient (Wildman–Crippen LogP) is 0.262. The number of nitrogens with zero attached hydrogens (tertiary/aromatic N) is 3. The first kappa shape index (κ1) is 22.3. The van der Waals surface area contributed by atoms with E-state index in [1.807, 2.05) is 12.1 Å². The maximum absolute atomic E-state index is 12.5. The first-order valence-electron chi connectivity index (χ1n) is 10.7. The van der Waals surface area contributed by atoms with Crippen molar-refractivity contribution in [2.75, 3.05) is 13.2 Å². The van der Waals surface area contributed by atoms with Crippen LogP contribution in [0.3, 0.4) is 0 Å². The SMILES string of the molecule is Cn1c(=O)c2ccc(C(=O)NCCc3ccc(OCC(=O)NC4CC4)cc3)nc2n(C)c1=O. The van der Waals surface area contributed by atoms with Gasteiger partial charge < -0.3 is 15.4 Å². The number of hydrogen-bond donors (Lipinski definition) is 2. The number of hydrogen-bond acceptors (Lipinski definition) is 6. The van der Waals surface area contributed by atoms with Crippen molar-refractivity contribution in [3.63, 3.8) is 0 Å². The van der Waals surface area contributed by atoms with Gasteiger partial charge in [-0.25, -0.2) is 9.78 Å². The molecule has 2 N–H and O–H groups in total. The summed E-state index contributed by atoms with van der Waals surface area (Å²) in [6, 6.07) is 10.6. The smallest absolute Gasteiger partial charge is 0.332 e. The Morgan fingerprint density at radius 2 is 1.79 bits per heavy atom. The molecule has 4 rings (SSSR count). The number of amides is 2. The first-order chi connectivity index (χ1) is 15.8. The zero-order valence-electron chi connectivity index (χ0n) is 18.5. The second kappa shape index (κ2) is 9.27. The highest BCUT2D eigenvalue weighted by atomic mass is 16.5. The summed E-state index contributed by atoms with van der Waals surface area (Å²) in [5.41, 5.74) is 0.315. The van der Waals surface area contributed by atoms with E-state index in [1.54, 1.807) is 12.1 Å². The van der Waals surface area contributed by atoms with Crippen LogP contribution in [0, 0.1) is 0 Å². The van der Waals surface area contributed by atoms with Crippen LogP contribution >= 0.6 is 0 Å². The van der Waals surface area contributed by atoms with Gasteiger partial charge in [0.1, 0.15) is 17.1 Å². The Morgan fingerprint density at radius 1 is 1.06 bits per heavy atom. The molecule has 1 fully saturated rings. The molecule has 3 aromatic rings. The molecule has 0 saturated heterocycles. The van der Waals surface area contributed by atoms with Crippen LogP contribution in [0.1, 0.15) is 28.9 Å². The van der Waals surface area contributed by atoms with Crippen LogP contribution in [0.5, 0.6) is 5.75 Å². The van der Waals surface area contributed by atoms with E-state index < -0.39 is 17.2 Å². The molecule has 2 heterocycles. The zero-order valence-corrected chi connectivity index (χ0v) is 18.5. The summed E-state index contributed by atoms with van der Waals surface area (Å²) in [6.07, 6.45) is 2.65. The van der Waals surface area contributed by atoms with Crippen LogP contribution in [0.2, 0.25) is 0 Å². The molecule has 0 atom stereocenters. The van der Waals surface area contributed by atoms with Gasteiger partial charge in [0.25, 0.3) is 17.4 Å². The number of carbonyl (C=O) groups excluding carboxylic acids is 2. The van der Waals surface area contributed by atoms with Crippen LogP contribution < -0.4 is 26.6 Å². The molecular formula is C23H25N5O5. The summed E-state index contributed by atoms with van der Waals surface area (Å²) < 4.78 is 7.73. The van der Waals surface area contributed by atoms with E-state index in [9.17, 15) is 19.2 Å². The third-order valence-electron chi connectivity index (χ3n) is 5.47. The van der Waals surface area contributed by atoms with Crippen LogP contribution in [-0.4, -0.2) is 45.1 Å². The second-order valence-electron chi connectivity index (χ2n) is 8.05. The van der Waals surface area contributed by atoms with Crippen molar-refractivity contribution in [2.45, 2.75) is 25.3 Å².